The fourth-order valence-corrected chi connectivity index (χ4v) is 5.05. The molecule has 3 aliphatic rings. The summed E-state index contributed by atoms with van der Waals surface area (Å²) >= 11 is 0. The van der Waals surface area contributed by atoms with Gasteiger partial charge in [0.1, 0.15) is 6.10 Å². The minimum atomic E-state index is -0.740. The van der Waals surface area contributed by atoms with Crippen LogP contribution in [0, 0.1) is 29.6 Å². The van der Waals surface area contributed by atoms with Gasteiger partial charge in [-0.3, -0.25) is 4.79 Å². The summed E-state index contributed by atoms with van der Waals surface area (Å²) in [5, 5.41) is 9.43. The maximum atomic E-state index is 12.4. The number of hydrogen-bond acceptors (Lipinski definition) is 3. The van der Waals surface area contributed by atoms with Gasteiger partial charge >= 0.3 is 11.9 Å². The molecule has 128 valence electrons. The maximum Gasteiger partial charge on any atom is 0.333 e. The highest BCUT2D eigenvalue weighted by molar-refractivity contribution is 5.88. The molecular formula is C19H28O4. The van der Waals surface area contributed by atoms with Crippen molar-refractivity contribution in [3.05, 3.63) is 12.2 Å². The molecule has 6 atom stereocenters. The Labute approximate surface area is 138 Å². The van der Waals surface area contributed by atoms with Gasteiger partial charge < -0.3 is 9.84 Å². The van der Waals surface area contributed by atoms with Crippen LogP contribution in [0.25, 0.3) is 0 Å². The molecule has 0 heterocycles. The lowest BCUT2D eigenvalue weighted by Crippen LogP contribution is -2.33. The summed E-state index contributed by atoms with van der Waals surface area (Å²) in [5.74, 6) is 0.0816. The van der Waals surface area contributed by atoms with E-state index in [0.29, 0.717) is 17.9 Å². The van der Waals surface area contributed by atoms with E-state index in [2.05, 4.69) is 6.58 Å². The van der Waals surface area contributed by atoms with Gasteiger partial charge in [-0.15, -0.1) is 0 Å². The highest BCUT2D eigenvalue weighted by Gasteiger charge is 2.43. The Morgan fingerprint density at radius 3 is 2.48 bits per heavy atom. The molecular weight excluding hydrogens is 292 g/mol. The van der Waals surface area contributed by atoms with Crippen LogP contribution in [-0.4, -0.2) is 23.1 Å². The van der Waals surface area contributed by atoms with E-state index in [4.69, 9.17) is 4.74 Å². The topological polar surface area (TPSA) is 63.6 Å². The third-order valence-corrected chi connectivity index (χ3v) is 6.52. The molecule has 0 aromatic heterocycles. The molecule has 3 aliphatic carbocycles. The number of carbonyl (C=O) groups excluding carboxylic acids is 1. The van der Waals surface area contributed by atoms with Crippen molar-refractivity contribution in [2.45, 2.75) is 64.4 Å². The summed E-state index contributed by atoms with van der Waals surface area (Å²) in [6.07, 6.45) is 7.85. The first-order chi connectivity index (χ1) is 11.0. The summed E-state index contributed by atoms with van der Waals surface area (Å²) in [7, 11) is 0. The Morgan fingerprint density at radius 2 is 1.91 bits per heavy atom. The van der Waals surface area contributed by atoms with Gasteiger partial charge in [-0.2, -0.15) is 0 Å². The fraction of sp³-hybridized carbons (Fsp3) is 0.789. The second-order valence-corrected chi connectivity index (χ2v) is 7.77. The molecule has 3 fully saturated rings. The van der Waals surface area contributed by atoms with Crippen molar-refractivity contribution >= 4 is 11.9 Å². The zero-order chi connectivity index (χ0) is 16.6. The van der Waals surface area contributed by atoms with Crippen LogP contribution in [0.1, 0.15) is 58.3 Å². The first-order valence-electron chi connectivity index (χ1n) is 9.12. The van der Waals surface area contributed by atoms with Gasteiger partial charge in [0.25, 0.3) is 0 Å². The van der Waals surface area contributed by atoms with Gasteiger partial charge in [0.2, 0.25) is 0 Å². The number of hydrogen-bond donors (Lipinski definition) is 1. The minimum absolute atomic E-state index is 0.0370. The molecule has 4 heteroatoms. The van der Waals surface area contributed by atoms with Crippen LogP contribution in [0.2, 0.25) is 0 Å². The van der Waals surface area contributed by atoms with Crippen molar-refractivity contribution in [1.29, 1.82) is 0 Å². The smallest absolute Gasteiger partial charge is 0.333 e. The summed E-state index contributed by atoms with van der Waals surface area (Å²) in [4.78, 5) is 23.9. The van der Waals surface area contributed by atoms with Crippen molar-refractivity contribution < 1.29 is 19.4 Å². The molecule has 0 saturated heterocycles. The molecule has 1 N–H and O–H groups in total. The average molecular weight is 320 g/mol. The van der Waals surface area contributed by atoms with Gasteiger partial charge in [-0.25, -0.2) is 4.79 Å². The maximum absolute atomic E-state index is 12.4. The molecule has 4 nitrogen and oxygen atoms in total. The van der Waals surface area contributed by atoms with Gasteiger partial charge in [-0.05, 0) is 68.6 Å². The Kier molecular flexibility index (Phi) is 4.79. The number of ether oxygens (including phenoxy) is 1. The fourth-order valence-electron chi connectivity index (χ4n) is 5.05. The van der Waals surface area contributed by atoms with Crippen LogP contribution in [-0.2, 0) is 14.3 Å². The van der Waals surface area contributed by atoms with Gasteiger partial charge in [-0.1, -0.05) is 19.9 Å². The number of carboxylic acid groups (broad SMARTS) is 1. The molecule has 23 heavy (non-hydrogen) atoms. The van der Waals surface area contributed by atoms with Crippen molar-refractivity contribution in [1.82, 2.24) is 0 Å². The van der Waals surface area contributed by atoms with Crippen LogP contribution in [0.4, 0.5) is 0 Å². The largest absolute Gasteiger partial charge is 0.481 e. The summed E-state index contributed by atoms with van der Waals surface area (Å²) < 4.78 is 5.72. The second kappa shape index (κ2) is 6.66. The van der Waals surface area contributed by atoms with Crippen LogP contribution in [0.5, 0.6) is 0 Å². The lowest BCUT2D eigenvalue weighted by molar-refractivity contribution is -0.150. The monoisotopic (exact) mass is 320 g/mol. The average Bonchev–Trinajstić information content (AvgIpc) is 3.16. The number of aliphatic carboxylic acids is 1. The minimum Gasteiger partial charge on any atom is -0.481 e. The van der Waals surface area contributed by atoms with Crippen LogP contribution in [0.15, 0.2) is 12.2 Å². The van der Waals surface area contributed by atoms with Crippen molar-refractivity contribution in [2.24, 2.45) is 29.6 Å². The standard InChI is InChI=1S/C19H28O4/c1-3-13-6-7-14(10-16(13)18(20)21)11(2)19(22)23-17-9-12-4-5-15(17)8-12/h12-17H,2-10H2,1H3,(H,20,21). The predicted molar refractivity (Wildman–Crippen MR) is 86.7 cm³/mol. The summed E-state index contributed by atoms with van der Waals surface area (Å²) in [6.45, 7) is 6.00. The zero-order valence-electron chi connectivity index (χ0n) is 14.0. The molecule has 3 rings (SSSR count). The first kappa shape index (κ1) is 16.5. The van der Waals surface area contributed by atoms with E-state index >= 15 is 0 Å². The lowest BCUT2D eigenvalue weighted by atomic mass is 9.71. The summed E-state index contributed by atoms with van der Waals surface area (Å²) in [6, 6.07) is 0. The quantitative estimate of drug-likeness (QED) is 0.618. The Balaban J connectivity index is 1.57. The van der Waals surface area contributed by atoms with Crippen molar-refractivity contribution in [3.63, 3.8) is 0 Å². The molecule has 2 bridgehead atoms. The number of carboxylic acids is 1. The predicted octanol–water partition coefficient (Wildman–Crippen LogP) is 3.80. The number of esters is 1. The summed E-state index contributed by atoms with van der Waals surface area (Å²) in [5.41, 5.74) is 0.494. The molecule has 0 aliphatic heterocycles. The molecule has 3 saturated carbocycles. The highest BCUT2D eigenvalue weighted by atomic mass is 16.5. The second-order valence-electron chi connectivity index (χ2n) is 7.77. The molecule has 0 amide bonds. The Hall–Kier alpha value is -1.32. The van der Waals surface area contributed by atoms with E-state index in [0.717, 1.165) is 31.6 Å². The Bertz CT molecular complexity index is 498. The number of rotatable bonds is 5. The van der Waals surface area contributed by atoms with Crippen LogP contribution in [0.3, 0.4) is 0 Å². The van der Waals surface area contributed by atoms with E-state index in [9.17, 15) is 14.7 Å². The van der Waals surface area contributed by atoms with E-state index in [1.165, 1.54) is 19.3 Å². The van der Waals surface area contributed by atoms with E-state index in [1.54, 1.807) is 0 Å². The first-order valence-corrected chi connectivity index (χ1v) is 9.12. The molecule has 6 unspecified atom stereocenters. The van der Waals surface area contributed by atoms with Gasteiger partial charge in [0, 0.05) is 5.57 Å². The van der Waals surface area contributed by atoms with Crippen LogP contribution < -0.4 is 0 Å². The molecule has 0 radical (unpaired) electrons. The van der Waals surface area contributed by atoms with E-state index in [-0.39, 0.29) is 29.8 Å². The molecule has 0 spiro atoms. The lowest BCUT2D eigenvalue weighted by Gasteiger charge is -2.34. The van der Waals surface area contributed by atoms with Crippen molar-refractivity contribution in [3.8, 4) is 0 Å². The number of fused-ring (bicyclic) bond motifs is 2. The third-order valence-electron chi connectivity index (χ3n) is 6.52. The zero-order valence-corrected chi connectivity index (χ0v) is 14.0. The number of carbonyl (C=O) groups is 2. The third kappa shape index (κ3) is 3.31. The normalized spacial score (nSPS) is 39.2. The van der Waals surface area contributed by atoms with E-state index in [1.807, 2.05) is 6.92 Å². The molecule has 0 aromatic carbocycles. The van der Waals surface area contributed by atoms with E-state index < -0.39 is 5.97 Å². The SMILES string of the molecule is C=C(C(=O)OC1CC2CCC1C2)C1CCC(CC)C(C(=O)O)C1. The van der Waals surface area contributed by atoms with Crippen molar-refractivity contribution in [2.75, 3.05) is 0 Å². The van der Waals surface area contributed by atoms with Crippen LogP contribution >= 0.6 is 0 Å². The van der Waals surface area contributed by atoms with Gasteiger partial charge in [0.15, 0.2) is 0 Å². The highest BCUT2D eigenvalue weighted by Crippen LogP contribution is 2.46. The Morgan fingerprint density at radius 1 is 1.13 bits per heavy atom. The van der Waals surface area contributed by atoms with Gasteiger partial charge in [0.05, 0.1) is 5.92 Å². The molecule has 0 aromatic rings.